The lowest BCUT2D eigenvalue weighted by Crippen LogP contribution is -2.29. The first kappa shape index (κ1) is 27.3. The van der Waals surface area contributed by atoms with Gasteiger partial charge in [0, 0.05) is 11.3 Å². The highest BCUT2D eigenvalue weighted by Crippen LogP contribution is 2.44. The maximum absolute atomic E-state index is 13.5. The van der Waals surface area contributed by atoms with Crippen LogP contribution in [0.25, 0.3) is 5.76 Å². The number of nitrogens with zero attached hydrogens (tertiary/aromatic N) is 2. The van der Waals surface area contributed by atoms with E-state index in [-0.39, 0.29) is 11.3 Å². The Labute approximate surface area is 227 Å². The number of aliphatic hydroxyl groups is 1. The van der Waals surface area contributed by atoms with E-state index in [1.165, 1.54) is 12.0 Å². The summed E-state index contributed by atoms with van der Waals surface area (Å²) in [6.07, 6.45) is 0.853. The molecule has 3 aromatic rings. The van der Waals surface area contributed by atoms with E-state index < -0.39 is 17.7 Å². The molecule has 1 heterocycles. The first-order chi connectivity index (χ1) is 18.8. The lowest BCUT2D eigenvalue weighted by molar-refractivity contribution is -0.132. The molecular formula is C31H30N2O6. The normalized spacial score (nSPS) is 16.2. The third-order valence-electron chi connectivity index (χ3n) is 6.43. The third kappa shape index (κ3) is 5.30. The Balaban J connectivity index is 1.91. The number of rotatable bonds is 9. The maximum atomic E-state index is 13.5. The van der Waals surface area contributed by atoms with Crippen LogP contribution in [0.15, 0.2) is 66.2 Å². The van der Waals surface area contributed by atoms with Crippen molar-refractivity contribution in [1.29, 1.82) is 5.26 Å². The Morgan fingerprint density at radius 3 is 2.31 bits per heavy atom. The number of nitriles is 1. The molecule has 1 aliphatic heterocycles. The van der Waals surface area contributed by atoms with E-state index in [4.69, 9.17) is 14.2 Å². The Morgan fingerprint density at radius 2 is 1.69 bits per heavy atom. The molecule has 0 aromatic heterocycles. The van der Waals surface area contributed by atoms with Gasteiger partial charge < -0.3 is 19.3 Å². The number of carbonyl (C=O) groups is 2. The van der Waals surface area contributed by atoms with Crippen molar-refractivity contribution in [3.05, 3.63) is 88.5 Å². The molecule has 0 saturated carbocycles. The van der Waals surface area contributed by atoms with Crippen molar-refractivity contribution in [2.24, 2.45) is 0 Å². The Hall–Kier alpha value is -4.77. The summed E-state index contributed by atoms with van der Waals surface area (Å²) >= 11 is 0. The number of anilines is 1. The predicted molar refractivity (Wildman–Crippen MR) is 147 cm³/mol. The summed E-state index contributed by atoms with van der Waals surface area (Å²) in [5, 5.41) is 20.7. The van der Waals surface area contributed by atoms with Crippen LogP contribution in [0.2, 0.25) is 0 Å². The van der Waals surface area contributed by atoms with Crippen molar-refractivity contribution in [2.45, 2.75) is 33.2 Å². The molecule has 1 amide bonds. The van der Waals surface area contributed by atoms with Gasteiger partial charge in [-0.1, -0.05) is 13.0 Å². The number of hydrogen-bond donors (Lipinski definition) is 1. The molecule has 4 rings (SSSR count). The first-order valence-electron chi connectivity index (χ1n) is 12.7. The zero-order valence-corrected chi connectivity index (χ0v) is 22.4. The molecule has 1 saturated heterocycles. The summed E-state index contributed by atoms with van der Waals surface area (Å²) in [7, 11) is 1.52. The smallest absolute Gasteiger partial charge is 0.300 e. The van der Waals surface area contributed by atoms with E-state index in [9.17, 15) is 20.0 Å². The molecule has 1 atom stereocenters. The van der Waals surface area contributed by atoms with Crippen molar-refractivity contribution in [1.82, 2.24) is 0 Å². The first-order valence-corrected chi connectivity index (χ1v) is 12.7. The minimum Gasteiger partial charge on any atom is -0.507 e. The number of ether oxygens (including phenoxy) is 3. The number of hydrogen-bond acceptors (Lipinski definition) is 7. The second-order valence-corrected chi connectivity index (χ2v) is 9.00. The molecular weight excluding hydrogens is 496 g/mol. The Kier molecular flexibility index (Phi) is 8.21. The Bertz CT molecular complexity index is 1470. The van der Waals surface area contributed by atoms with Gasteiger partial charge in [-0.15, -0.1) is 0 Å². The zero-order valence-electron chi connectivity index (χ0n) is 22.4. The van der Waals surface area contributed by atoms with E-state index in [0.717, 1.165) is 12.0 Å². The summed E-state index contributed by atoms with van der Waals surface area (Å²) in [5.74, 6) is -0.294. The van der Waals surface area contributed by atoms with Gasteiger partial charge in [0.25, 0.3) is 11.7 Å². The van der Waals surface area contributed by atoms with Crippen molar-refractivity contribution >= 4 is 23.1 Å². The van der Waals surface area contributed by atoms with Crippen LogP contribution < -0.4 is 19.1 Å². The molecule has 0 aliphatic carbocycles. The summed E-state index contributed by atoms with van der Waals surface area (Å²) < 4.78 is 16.9. The fraction of sp³-hybridized carbons (Fsp3) is 0.258. The minimum absolute atomic E-state index is 0.0569. The van der Waals surface area contributed by atoms with E-state index in [2.05, 4.69) is 6.07 Å². The maximum Gasteiger partial charge on any atom is 0.300 e. The number of methoxy groups -OCH3 is 1. The van der Waals surface area contributed by atoms with E-state index >= 15 is 0 Å². The number of aliphatic hydroxyl groups excluding tert-OH is 1. The number of benzene rings is 3. The van der Waals surface area contributed by atoms with Gasteiger partial charge in [-0.2, -0.15) is 5.26 Å². The molecule has 1 unspecified atom stereocenters. The molecule has 8 heteroatoms. The average Bonchev–Trinajstić information content (AvgIpc) is 3.22. The Morgan fingerprint density at radius 1 is 0.974 bits per heavy atom. The standard InChI is InChI=1S/C31H30N2O6/c1-5-15-39-24-13-10-22(16-19(24)3)29(34)27-28(21-9-14-25(37-4)26(17-21)38-6-2)33(31(36)30(27)35)23-11-7-20(18-32)8-12-23/h7-14,16-17,28,34H,5-6,15H2,1-4H3/b29-27-. The molecule has 1 fully saturated rings. The number of amides is 1. The molecule has 0 spiro atoms. The molecule has 1 aliphatic rings. The van der Waals surface area contributed by atoms with Gasteiger partial charge in [-0.25, -0.2) is 0 Å². The molecule has 8 nitrogen and oxygen atoms in total. The van der Waals surface area contributed by atoms with E-state index in [1.54, 1.807) is 60.7 Å². The van der Waals surface area contributed by atoms with Crippen LogP contribution >= 0.6 is 0 Å². The number of aryl methyl sites for hydroxylation is 1. The highest BCUT2D eigenvalue weighted by Gasteiger charge is 2.47. The number of carbonyl (C=O) groups excluding carboxylic acids is 2. The highest BCUT2D eigenvalue weighted by atomic mass is 16.5. The second-order valence-electron chi connectivity index (χ2n) is 9.00. The van der Waals surface area contributed by atoms with Crippen molar-refractivity contribution in [3.63, 3.8) is 0 Å². The van der Waals surface area contributed by atoms with Crippen LogP contribution in [0.3, 0.4) is 0 Å². The average molecular weight is 527 g/mol. The molecule has 0 radical (unpaired) electrons. The molecule has 0 bridgehead atoms. The minimum atomic E-state index is -0.959. The van der Waals surface area contributed by atoms with Crippen molar-refractivity contribution in [2.75, 3.05) is 25.2 Å². The fourth-order valence-electron chi connectivity index (χ4n) is 4.57. The van der Waals surface area contributed by atoms with Gasteiger partial charge in [0.1, 0.15) is 11.5 Å². The number of ketones is 1. The van der Waals surface area contributed by atoms with Gasteiger partial charge in [0.05, 0.1) is 43.6 Å². The molecule has 3 aromatic carbocycles. The largest absolute Gasteiger partial charge is 0.507 e. The van der Waals surface area contributed by atoms with E-state index in [1.807, 2.05) is 20.8 Å². The monoisotopic (exact) mass is 526 g/mol. The molecule has 39 heavy (non-hydrogen) atoms. The van der Waals surface area contributed by atoms with Crippen LogP contribution in [0.5, 0.6) is 17.2 Å². The van der Waals surface area contributed by atoms with Crippen LogP contribution in [-0.4, -0.2) is 37.1 Å². The molecule has 1 N–H and O–H groups in total. The van der Waals surface area contributed by atoms with E-state index in [0.29, 0.717) is 52.8 Å². The topological polar surface area (TPSA) is 109 Å². The fourth-order valence-corrected chi connectivity index (χ4v) is 4.57. The van der Waals surface area contributed by atoms with Gasteiger partial charge in [0.2, 0.25) is 0 Å². The summed E-state index contributed by atoms with van der Waals surface area (Å²) in [6.45, 7) is 6.64. The third-order valence-corrected chi connectivity index (χ3v) is 6.43. The van der Waals surface area contributed by atoms with Gasteiger partial charge in [-0.3, -0.25) is 14.5 Å². The summed E-state index contributed by atoms with van der Waals surface area (Å²) in [4.78, 5) is 28.3. The zero-order chi connectivity index (χ0) is 28.1. The van der Waals surface area contributed by atoms with Gasteiger partial charge in [-0.05, 0) is 86.0 Å². The van der Waals surface area contributed by atoms with Gasteiger partial charge >= 0.3 is 0 Å². The van der Waals surface area contributed by atoms with Crippen LogP contribution in [-0.2, 0) is 9.59 Å². The van der Waals surface area contributed by atoms with Gasteiger partial charge in [0.15, 0.2) is 11.5 Å². The summed E-state index contributed by atoms with van der Waals surface area (Å²) in [6, 6.07) is 17.7. The lowest BCUT2D eigenvalue weighted by atomic mass is 9.94. The lowest BCUT2D eigenvalue weighted by Gasteiger charge is -2.26. The van der Waals surface area contributed by atoms with Crippen molar-refractivity contribution in [3.8, 4) is 23.3 Å². The van der Waals surface area contributed by atoms with Crippen LogP contribution in [0.4, 0.5) is 5.69 Å². The number of Topliss-reactive ketones (excluding diaryl/α,β-unsaturated/α-hetero) is 1. The SMILES string of the molecule is CCCOc1ccc(/C(O)=C2/C(=O)C(=O)N(c3ccc(C#N)cc3)C2c2ccc(OC)c(OCC)c2)cc1C. The predicted octanol–water partition coefficient (Wildman–Crippen LogP) is 5.69. The highest BCUT2D eigenvalue weighted by molar-refractivity contribution is 6.51. The summed E-state index contributed by atoms with van der Waals surface area (Å²) in [5.41, 5.74) is 2.48. The molecule has 200 valence electrons. The quantitative estimate of drug-likeness (QED) is 0.217. The second kappa shape index (κ2) is 11.7. The van der Waals surface area contributed by atoms with Crippen LogP contribution in [0, 0.1) is 18.3 Å². The van der Waals surface area contributed by atoms with Crippen LogP contribution in [0.1, 0.15) is 48.6 Å². The van der Waals surface area contributed by atoms with Crippen molar-refractivity contribution < 1.29 is 28.9 Å².